The van der Waals surface area contributed by atoms with Crippen LogP contribution in [0.4, 0.5) is 5.95 Å². The molecule has 26 heavy (non-hydrogen) atoms. The number of rotatable bonds is 3. The van der Waals surface area contributed by atoms with Crippen LogP contribution in [0.25, 0.3) is 10.9 Å². The SMILES string of the molecule is C/C(=N\C(N)=N\c1nc(C)c2ccccc2n1)c1ccccc1C(=O)O. The maximum Gasteiger partial charge on any atom is 0.336 e. The van der Waals surface area contributed by atoms with Gasteiger partial charge in [-0.15, -0.1) is 0 Å². The smallest absolute Gasteiger partial charge is 0.336 e. The molecule has 3 N–H and O–H groups in total. The monoisotopic (exact) mass is 347 g/mol. The number of aromatic carboxylic acids is 1. The van der Waals surface area contributed by atoms with E-state index in [0.29, 0.717) is 11.3 Å². The van der Waals surface area contributed by atoms with E-state index in [1.54, 1.807) is 25.1 Å². The van der Waals surface area contributed by atoms with Crippen LogP contribution < -0.4 is 5.73 Å². The topological polar surface area (TPSA) is 114 Å². The summed E-state index contributed by atoms with van der Waals surface area (Å²) in [6.07, 6.45) is 0. The van der Waals surface area contributed by atoms with Crippen molar-refractivity contribution in [3.8, 4) is 0 Å². The van der Waals surface area contributed by atoms with Crippen molar-refractivity contribution in [1.29, 1.82) is 0 Å². The number of benzene rings is 2. The second-order valence-corrected chi connectivity index (χ2v) is 5.64. The van der Waals surface area contributed by atoms with Crippen LogP contribution in [0, 0.1) is 6.92 Å². The predicted octanol–water partition coefficient (Wildman–Crippen LogP) is 3.09. The standard InChI is InChI=1S/C19H17N5O2/c1-11(13-7-3-4-9-15(13)17(25)26)21-18(20)24-19-22-12(2)14-8-5-6-10-16(14)23-19/h3-10H,1-2H3,(H,25,26)(H2,20,22,23,24)/b21-11+. The second kappa shape index (κ2) is 7.10. The Hall–Kier alpha value is -3.61. The lowest BCUT2D eigenvalue weighted by atomic mass is 10.0. The largest absolute Gasteiger partial charge is 0.478 e. The molecule has 3 rings (SSSR count). The van der Waals surface area contributed by atoms with E-state index >= 15 is 0 Å². The van der Waals surface area contributed by atoms with Crippen LogP contribution in [0.2, 0.25) is 0 Å². The van der Waals surface area contributed by atoms with E-state index in [1.807, 2.05) is 31.2 Å². The number of fused-ring (bicyclic) bond motifs is 1. The fraction of sp³-hybridized carbons (Fsp3) is 0.105. The summed E-state index contributed by atoms with van der Waals surface area (Å²) in [6, 6.07) is 14.2. The summed E-state index contributed by atoms with van der Waals surface area (Å²) < 4.78 is 0. The average molecular weight is 347 g/mol. The van der Waals surface area contributed by atoms with Crippen molar-refractivity contribution in [3.05, 3.63) is 65.4 Å². The van der Waals surface area contributed by atoms with Crippen LogP contribution in [0.15, 0.2) is 58.5 Å². The molecule has 0 spiro atoms. The van der Waals surface area contributed by atoms with Gasteiger partial charge in [0.2, 0.25) is 5.96 Å². The third kappa shape index (κ3) is 3.56. The van der Waals surface area contributed by atoms with Crippen molar-refractivity contribution in [2.24, 2.45) is 15.7 Å². The highest BCUT2D eigenvalue weighted by Crippen LogP contribution is 2.18. The van der Waals surface area contributed by atoms with Gasteiger partial charge < -0.3 is 10.8 Å². The number of carboxylic acid groups (broad SMARTS) is 1. The number of aryl methyl sites for hydroxylation is 1. The van der Waals surface area contributed by atoms with E-state index in [0.717, 1.165) is 16.6 Å². The number of guanidine groups is 1. The first kappa shape index (κ1) is 17.2. The van der Waals surface area contributed by atoms with Crippen LogP contribution in [-0.2, 0) is 0 Å². The lowest BCUT2D eigenvalue weighted by Crippen LogP contribution is -2.13. The number of hydrogen-bond acceptors (Lipinski definition) is 4. The van der Waals surface area contributed by atoms with E-state index in [-0.39, 0.29) is 17.5 Å². The molecule has 0 saturated carbocycles. The van der Waals surface area contributed by atoms with Crippen molar-refractivity contribution in [2.45, 2.75) is 13.8 Å². The Morgan fingerprint density at radius 3 is 2.42 bits per heavy atom. The van der Waals surface area contributed by atoms with Gasteiger partial charge in [-0.3, -0.25) is 0 Å². The Morgan fingerprint density at radius 1 is 1.04 bits per heavy atom. The Balaban J connectivity index is 1.98. The molecular formula is C19H17N5O2. The summed E-state index contributed by atoms with van der Waals surface area (Å²) in [5.41, 5.74) is 8.54. The molecule has 0 amide bonds. The van der Waals surface area contributed by atoms with Gasteiger partial charge in [-0.1, -0.05) is 36.4 Å². The molecule has 0 fully saturated rings. The molecule has 3 aromatic rings. The molecule has 0 saturated heterocycles. The maximum absolute atomic E-state index is 11.3. The fourth-order valence-corrected chi connectivity index (χ4v) is 2.61. The number of carbonyl (C=O) groups is 1. The van der Waals surface area contributed by atoms with Gasteiger partial charge in [-0.05, 0) is 26.0 Å². The van der Waals surface area contributed by atoms with Crippen molar-refractivity contribution in [3.63, 3.8) is 0 Å². The van der Waals surface area contributed by atoms with Gasteiger partial charge in [0.25, 0.3) is 5.95 Å². The molecule has 2 aromatic carbocycles. The molecule has 0 unspecified atom stereocenters. The molecule has 0 bridgehead atoms. The number of nitrogens with zero attached hydrogens (tertiary/aromatic N) is 4. The first-order valence-corrected chi connectivity index (χ1v) is 7.91. The zero-order chi connectivity index (χ0) is 18.7. The highest BCUT2D eigenvalue weighted by molar-refractivity contribution is 6.11. The molecule has 1 aromatic heterocycles. The Morgan fingerprint density at radius 2 is 1.69 bits per heavy atom. The lowest BCUT2D eigenvalue weighted by molar-refractivity contribution is 0.0696. The van der Waals surface area contributed by atoms with Gasteiger partial charge in [-0.2, -0.15) is 4.99 Å². The van der Waals surface area contributed by atoms with Gasteiger partial charge in [0.05, 0.1) is 16.8 Å². The van der Waals surface area contributed by atoms with Gasteiger partial charge >= 0.3 is 5.97 Å². The van der Waals surface area contributed by atoms with Crippen molar-refractivity contribution < 1.29 is 9.90 Å². The number of hydrogen-bond donors (Lipinski definition) is 2. The minimum atomic E-state index is -1.03. The quantitative estimate of drug-likeness (QED) is 0.558. The molecule has 130 valence electrons. The van der Waals surface area contributed by atoms with Gasteiger partial charge in [0.15, 0.2) is 0 Å². The van der Waals surface area contributed by atoms with Gasteiger partial charge in [-0.25, -0.2) is 19.8 Å². The van der Waals surface area contributed by atoms with Crippen molar-refractivity contribution >= 4 is 34.5 Å². The zero-order valence-corrected chi connectivity index (χ0v) is 14.3. The molecule has 1 heterocycles. The van der Waals surface area contributed by atoms with Gasteiger partial charge in [0.1, 0.15) is 0 Å². The van der Waals surface area contributed by atoms with E-state index < -0.39 is 5.97 Å². The summed E-state index contributed by atoms with van der Waals surface area (Å²) in [7, 11) is 0. The van der Waals surface area contributed by atoms with E-state index in [2.05, 4.69) is 20.0 Å². The molecule has 7 heteroatoms. The van der Waals surface area contributed by atoms with Crippen molar-refractivity contribution in [2.75, 3.05) is 0 Å². The number of para-hydroxylation sites is 1. The Kier molecular flexibility index (Phi) is 4.70. The average Bonchev–Trinajstić information content (AvgIpc) is 2.61. The first-order valence-electron chi connectivity index (χ1n) is 7.91. The third-order valence-electron chi connectivity index (χ3n) is 3.83. The van der Waals surface area contributed by atoms with E-state index in [1.165, 1.54) is 6.07 Å². The van der Waals surface area contributed by atoms with Crippen LogP contribution >= 0.6 is 0 Å². The molecule has 0 radical (unpaired) electrons. The van der Waals surface area contributed by atoms with Crippen molar-refractivity contribution in [1.82, 2.24) is 9.97 Å². The second-order valence-electron chi connectivity index (χ2n) is 5.64. The minimum Gasteiger partial charge on any atom is -0.478 e. The van der Waals surface area contributed by atoms with Crippen LogP contribution in [0.3, 0.4) is 0 Å². The first-order chi connectivity index (χ1) is 12.5. The van der Waals surface area contributed by atoms with E-state index in [9.17, 15) is 9.90 Å². The summed E-state index contributed by atoms with van der Waals surface area (Å²) in [4.78, 5) is 28.4. The highest BCUT2D eigenvalue weighted by atomic mass is 16.4. The molecule has 0 aliphatic rings. The van der Waals surface area contributed by atoms with Gasteiger partial charge in [0, 0.05) is 16.7 Å². The van der Waals surface area contributed by atoms with E-state index in [4.69, 9.17) is 5.73 Å². The number of nitrogens with two attached hydrogens (primary N) is 1. The third-order valence-corrected chi connectivity index (χ3v) is 3.83. The highest BCUT2D eigenvalue weighted by Gasteiger charge is 2.11. The minimum absolute atomic E-state index is 0.0441. The summed E-state index contributed by atoms with van der Waals surface area (Å²) >= 11 is 0. The molecule has 0 aliphatic heterocycles. The van der Waals surface area contributed by atoms with Crippen LogP contribution in [-0.4, -0.2) is 32.7 Å². The normalized spacial score (nSPS) is 12.4. The predicted molar refractivity (Wildman–Crippen MR) is 101 cm³/mol. The summed E-state index contributed by atoms with van der Waals surface area (Å²) in [5, 5.41) is 10.2. The molecule has 7 nitrogen and oxygen atoms in total. The number of aliphatic imine (C=N–C) groups is 2. The summed E-state index contributed by atoms with van der Waals surface area (Å²) in [5.74, 6) is -0.863. The molecule has 0 aliphatic carbocycles. The molecular weight excluding hydrogens is 330 g/mol. The van der Waals surface area contributed by atoms with Crippen LogP contribution in [0.1, 0.15) is 28.5 Å². The maximum atomic E-state index is 11.3. The molecule has 0 atom stereocenters. The number of carboxylic acids is 1. The van der Waals surface area contributed by atoms with Crippen LogP contribution in [0.5, 0.6) is 0 Å². The number of aromatic nitrogens is 2. The Labute approximate surface area is 150 Å². The Bertz CT molecular complexity index is 1060. The fourth-order valence-electron chi connectivity index (χ4n) is 2.61. The summed E-state index contributed by atoms with van der Waals surface area (Å²) in [6.45, 7) is 3.55. The lowest BCUT2D eigenvalue weighted by Gasteiger charge is -2.05. The zero-order valence-electron chi connectivity index (χ0n) is 14.3.